The Bertz CT molecular complexity index is 1350. The van der Waals surface area contributed by atoms with E-state index in [2.05, 4.69) is 4.99 Å². The van der Waals surface area contributed by atoms with Crippen molar-refractivity contribution in [2.45, 2.75) is 102 Å². The number of benzene rings is 1. The molecule has 0 radical (unpaired) electrons. The average molecular weight is 679 g/mol. The number of aliphatic carboxylic acids is 1. The first-order valence-corrected chi connectivity index (χ1v) is 15.4. The zero-order valence-electron chi connectivity index (χ0n) is 27.4. The second-order valence-corrected chi connectivity index (χ2v) is 12.5. The summed E-state index contributed by atoms with van der Waals surface area (Å²) in [6, 6.07) is 4.31. The molecule has 2 rings (SSSR count). The average Bonchev–Trinajstić information content (AvgIpc) is 3.50. The van der Waals surface area contributed by atoms with E-state index >= 15 is 0 Å². The third-order valence-corrected chi connectivity index (χ3v) is 7.52. The molecule has 18 nitrogen and oxygen atoms in total. The van der Waals surface area contributed by atoms with E-state index in [0.29, 0.717) is 12.0 Å². The molecule has 1 fully saturated rings. The van der Waals surface area contributed by atoms with Crippen LogP contribution in [0.5, 0.6) is 0 Å². The Morgan fingerprint density at radius 1 is 1.12 bits per heavy atom. The van der Waals surface area contributed by atoms with Crippen LogP contribution in [0.1, 0.15) is 71.3 Å². The summed E-state index contributed by atoms with van der Waals surface area (Å²) in [4.78, 5) is 82.1. The van der Waals surface area contributed by atoms with Gasteiger partial charge in [-0.25, -0.2) is 24.5 Å². The summed E-state index contributed by atoms with van der Waals surface area (Å²) in [6.45, 7) is 4.33. The van der Waals surface area contributed by atoms with E-state index in [4.69, 9.17) is 32.4 Å². The maximum Gasteiger partial charge on any atom is 0.469 e. The summed E-state index contributed by atoms with van der Waals surface area (Å²) in [5, 5.41) is 20.7. The molecule has 48 heavy (non-hydrogen) atoms. The van der Waals surface area contributed by atoms with Crippen LogP contribution in [0.3, 0.4) is 0 Å². The maximum atomic E-state index is 13.7. The van der Waals surface area contributed by atoms with Gasteiger partial charge in [-0.1, -0.05) is 30.3 Å². The van der Waals surface area contributed by atoms with Gasteiger partial charge in [-0.2, -0.15) is 0 Å². The number of carboxylic acids is 1. The fraction of sp³-hybridized carbons (Fsp3) is 0.600. The summed E-state index contributed by atoms with van der Waals surface area (Å²) in [7, 11) is 0. The molecule has 4 atom stereocenters. The van der Waals surface area contributed by atoms with Crippen molar-refractivity contribution in [1.82, 2.24) is 9.91 Å². The van der Waals surface area contributed by atoms with Gasteiger partial charge in [0.2, 0.25) is 0 Å². The number of nitrogens with two attached hydrogens (primary N) is 4. The van der Waals surface area contributed by atoms with Gasteiger partial charge in [0.1, 0.15) is 18.2 Å². The van der Waals surface area contributed by atoms with Crippen molar-refractivity contribution < 1.29 is 43.6 Å². The molecule has 0 aromatic heterocycles. The second-order valence-electron chi connectivity index (χ2n) is 12.5. The number of amides is 2. The van der Waals surface area contributed by atoms with Crippen LogP contribution in [0.15, 0.2) is 35.3 Å². The Morgan fingerprint density at radius 2 is 1.77 bits per heavy atom. The molecule has 0 saturated carbocycles. The predicted molar refractivity (Wildman–Crippen MR) is 171 cm³/mol. The highest BCUT2D eigenvalue weighted by Crippen LogP contribution is 2.26. The first-order chi connectivity index (χ1) is 22.4. The molecule has 0 aliphatic carbocycles. The molecule has 1 aromatic carbocycles. The van der Waals surface area contributed by atoms with E-state index in [0.717, 1.165) is 4.90 Å². The van der Waals surface area contributed by atoms with E-state index in [1.54, 1.807) is 30.3 Å². The number of esters is 1. The largest absolute Gasteiger partial charge is 0.480 e. The first kappa shape index (κ1) is 39.3. The van der Waals surface area contributed by atoms with Crippen molar-refractivity contribution in [1.29, 1.82) is 0 Å². The quantitative estimate of drug-likeness (QED) is 0.0284. The number of carbonyl (C=O) groups is 5. The van der Waals surface area contributed by atoms with Gasteiger partial charge in [-0.3, -0.25) is 14.6 Å². The minimum atomic E-state index is -2.33. The molecule has 18 heteroatoms. The molecule has 0 bridgehead atoms. The topological polar surface area (TPSA) is 290 Å². The molecule has 0 spiro atoms. The highest BCUT2D eigenvalue weighted by Gasteiger charge is 2.50. The van der Waals surface area contributed by atoms with Gasteiger partial charge in [0.25, 0.3) is 5.91 Å². The molecule has 266 valence electrons. The number of rotatable bonds is 17. The number of hydrogen-bond acceptors (Lipinski definition) is 12. The van der Waals surface area contributed by atoms with E-state index in [1.807, 2.05) is 0 Å². The van der Waals surface area contributed by atoms with Gasteiger partial charge in [-0.15, -0.1) is 0 Å². The number of aliphatic imine (C=N–C) groups is 1. The predicted octanol–water partition coefficient (Wildman–Crippen LogP) is 0.421. The highest BCUT2D eigenvalue weighted by atomic mass is 16.7. The minimum absolute atomic E-state index is 0.00202. The van der Waals surface area contributed by atoms with Crippen LogP contribution in [0.2, 0.25) is 0 Å². The van der Waals surface area contributed by atoms with Crippen LogP contribution in [-0.4, -0.2) is 98.1 Å². The zero-order chi connectivity index (χ0) is 36.2. The molecule has 1 aliphatic heterocycles. The molecule has 1 unspecified atom stereocenters. The SMILES string of the molecule is CC(C)(C)OC(=O)N([C@@H](CCCN=C(N)N)C(=O)C(N)CCC[C@@](N)(C(=O)OCc1ccccc1)C(=O)N1CCC[C@H]1C(=O)O)[N+](=O)[O-]. The van der Waals surface area contributed by atoms with Crippen LogP contribution in [0, 0.1) is 10.1 Å². The van der Waals surface area contributed by atoms with Gasteiger partial charge < -0.3 is 42.4 Å². The minimum Gasteiger partial charge on any atom is -0.480 e. The molecular weight excluding hydrogens is 632 g/mol. The number of nitro groups is 1. The van der Waals surface area contributed by atoms with E-state index in [9.17, 15) is 39.2 Å². The van der Waals surface area contributed by atoms with Crippen LogP contribution in [-0.2, 0) is 35.3 Å². The van der Waals surface area contributed by atoms with Gasteiger partial charge in [0.05, 0.1) is 6.04 Å². The van der Waals surface area contributed by atoms with E-state index in [1.165, 1.54) is 20.8 Å². The number of hydrazine groups is 1. The zero-order valence-corrected chi connectivity index (χ0v) is 27.4. The van der Waals surface area contributed by atoms with Crippen LogP contribution < -0.4 is 22.9 Å². The molecular formula is C30H46N8O10. The highest BCUT2D eigenvalue weighted by molar-refractivity contribution is 6.08. The van der Waals surface area contributed by atoms with E-state index in [-0.39, 0.29) is 62.8 Å². The van der Waals surface area contributed by atoms with Crippen molar-refractivity contribution in [2.24, 2.45) is 27.9 Å². The van der Waals surface area contributed by atoms with Crippen molar-refractivity contribution in [3.05, 3.63) is 46.0 Å². The normalized spacial score (nSPS) is 16.9. The molecule has 1 saturated heterocycles. The smallest absolute Gasteiger partial charge is 0.469 e. The van der Waals surface area contributed by atoms with E-state index < -0.39 is 70.4 Å². The van der Waals surface area contributed by atoms with Gasteiger partial charge in [0, 0.05) is 13.1 Å². The lowest BCUT2D eigenvalue weighted by Crippen LogP contribution is -2.62. The lowest BCUT2D eigenvalue weighted by atomic mass is 9.89. The summed E-state index contributed by atoms with van der Waals surface area (Å²) >= 11 is 0. The number of Topliss-reactive ketones (excluding diaryl/α,β-unsaturated/α-hetero) is 1. The Labute approximate surface area is 277 Å². The van der Waals surface area contributed by atoms with Crippen molar-refractivity contribution in [3.8, 4) is 0 Å². The fourth-order valence-electron chi connectivity index (χ4n) is 5.16. The van der Waals surface area contributed by atoms with Crippen LogP contribution in [0.25, 0.3) is 0 Å². The lowest BCUT2D eigenvalue weighted by molar-refractivity contribution is -0.641. The number of ketones is 1. The van der Waals surface area contributed by atoms with Crippen LogP contribution in [0.4, 0.5) is 4.79 Å². The fourth-order valence-corrected chi connectivity index (χ4v) is 5.16. The number of likely N-dealkylation sites (tertiary alicyclic amines) is 1. The van der Waals surface area contributed by atoms with Crippen molar-refractivity contribution >= 4 is 35.7 Å². The maximum absolute atomic E-state index is 13.7. The lowest BCUT2D eigenvalue weighted by Gasteiger charge is -2.33. The van der Waals surface area contributed by atoms with Gasteiger partial charge >= 0.3 is 18.0 Å². The van der Waals surface area contributed by atoms with Gasteiger partial charge in [0.15, 0.2) is 28.4 Å². The number of guanidine groups is 1. The second kappa shape index (κ2) is 17.4. The van der Waals surface area contributed by atoms with Crippen molar-refractivity contribution in [3.63, 3.8) is 0 Å². The molecule has 2 amide bonds. The molecule has 1 aromatic rings. The monoisotopic (exact) mass is 678 g/mol. The molecule has 1 aliphatic rings. The number of hydrogen-bond donors (Lipinski definition) is 5. The standard InChI is InChI=1S/C30H46N8O10/c1-29(2,3)48-28(44)37(38(45)46)21(13-8-16-35-27(32)33)23(39)20(31)12-7-15-30(34,25(42)36-17-9-14-22(36)24(40)41)26(43)47-18-19-10-5-4-6-11-19/h4-6,10-11,20-22H,7-9,12-18,31,34H2,1-3H3,(H,40,41)(H4,32,33,35)/t20?,21-,22-,30-/m0/s1. The third-order valence-electron chi connectivity index (χ3n) is 7.52. The Kier molecular flexibility index (Phi) is 14.2. The Balaban J connectivity index is 2.29. The summed E-state index contributed by atoms with van der Waals surface area (Å²) in [6.07, 6.45) is -1.77. The number of carbonyl (C=O) groups excluding carboxylic acids is 4. The third kappa shape index (κ3) is 11.2. The number of nitrogens with zero attached hydrogens (tertiary/aromatic N) is 4. The van der Waals surface area contributed by atoms with Crippen molar-refractivity contribution in [2.75, 3.05) is 13.1 Å². The Hall–Kier alpha value is -4.84. The summed E-state index contributed by atoms with van der Waals surface area (Å²) in [5.74, 6) is -4.44. The summed E-state index contributed by atoms with van der Waals surface area (Å²) in [5.41, 5.74) is 20.4. The van der Waals surface area contributed by atoms with Gasteiger partial charge in [-0.05, 0) is 76.3 Å². The summed E-state index contributed by atoms with van der Waals surface area (Å²) < 4.78 is 10.5. The Morgan fingerprint density at radius 3 is 2.33 bits per heavy atom. The first-order valence-electron chi connectivity index (χ1n) is 15.4. The number of ether oxygens (including phenoxy) is 2. The van der Waals surface area contributed by atoms with Crippen LogP contribution >= 0.6 is 0 Å². The number of carboxylic acid groups (broad SMARTS) is 1. The molecule has 1 heterocycles. The molecule has 9 N–H and O–H groups in total.